The molecule has 0 N–H and O–H groups in total. The molecule has 0 heterocycles. The van der Waals surface area contributed by atoms with Crippen molar-refractivity contribution >= 4 is 0 Å². The Morgan fingerprint density at radius 1 is 1.25 bits per heavy atom. The third-order valence-corrected chi connectivity index (χ3v) is 4.25. The Labute approximate surface area is 103 Å². The lowest BCUT2D eigenvalue weighted by molar-refractivity contribution is 0.398. The van der Waals surface area contributed by atoms with E-state index in [1.54, 1.807) is 5.57 Å². The van der Waals surface area contributed by atoms with Gasteiger partial charge in [0.2, 0.25) is 0 Å². The average molecular weight is 222 g/mol. The standard InChI is InChI=1S/C16H30/c1-5-7-8-15(6-2)12-16-11-13(3)9-10-14(16)4/h11,13-15H,5-10,12H2,1-4H3. The van der Waals surface area contributed by atoms with Gasteiger partial charge in [-0.15, -0.1) is 0 Å². The van der Waals surface area contributed by atoms with Crippen LogP contribution in [0.1, 0.15) is 72.6 Å². The zero-order valence-corrected chi connectivity index (χ0v) is 11.8. The maximum absolute atomic E-state index is 2.57. The first-order chi connectivity index (χ1) is 7.67. The highest BCUT2D eigenvalue weighted by Crippen LogP contribution is 2.33. The molecule has 3 unspecified atom stereocenters. The van der Waals surface area contributed by atoms with Crippen molar-refractivity contribution in [2.75, 3.05) is 0 Å². The summed E-state index contributed by atoms with van der Waals surface area (Å²) in [5.41, 5.74) is 1.77. The molecule has 0 saturated heterocycles. The Kier molecular flexibility index (Phi) is 6.16. The van der Waals surface area contributed by atoms with Crippen LogP contribution in [0.2, 0.25) is 0 Å². The highest BCUT2D eigenvalue weighted by atomic mass is 14.2. The second kappa shape index (κ2) is 7.14. The van der Waals surface area contributed by atoms with Crippen molar-refractivity contribution in [1.82, 2.24) is 0 Å². The second-order valence-corrected chi connectivity index (χ2v) is 5.82. The van der Waals surface area contributed by atoms with Gasteiger partial charge in [-0.2, -0.15) is 0 Å². The molecule has 16 heavy (non-hydrogen) atoms. The lowest BCUT2D eigenvalue weighted by Crippen LogP contribution is -2.13. The zero-order chi connectivity index (χ0) is 12.0. The van der Waals surface area contributed by atoms with Crippen LogP contribution in [0.5, 0.6) is 0 Å². The smallest absolute Gasteiger partial charge is 0.0231 e. The summed E-state index contributed by atoms with van der Waals surface area (Å²) in [5.74, 6) is 2.63. The molecule has 0 aromatic heterocycles. The minimum Gasteiger partial charge on any atom is -0.0822 e. The topological polar surface area (TPSA) is 0 Å². The minimum absolute atomic E-state index is 0.829. The van der Waals surface area contributed by atoms with Gasteiger partial charge in [0, 0.05) is 0 Å². The summed E-state index contributed by atoms with van der Waals surface area (Å²) < 4.78 is 0. The molecule has 0 amide bonds. The number of rotatable bonds is 6. The van der Waals surface area contributed by atoms with Crippen LogP contribution in [-0.4, -0.2) is 0 Å². The first-order valence-electron chi connectivity index (χ1n) is 7.37. The van der Waals surface area contributed by atoms with Gasteiger partial charge < -0.3 is 0 Å². The molecule has 0 nitrogen and oxygen atoms in total. The van der Waals surface area contributed by atoms with Crippen molar-refractivity contribution in [3.8, 4) is 0 Å². The number of hydrogen-bond donors (Lipinski definition) is 0. The summed E-state index contributed by atoms with van der Waals surface area (Å²) in [6, 6.07) is 0. The van der Waals surface area contributed by atoms with Crippen molar-refractivity contribution < 1.29 is 0 Å². The van der Waals surface area contributed by atoms with Gasteiger partial charge >= 0.3 is 0 Å². The fraction of sp³-hybridized carbons (Fsp3) is 0.875. The van der Waals surface area contributed by atoms with Gasteiger partial charge in [-0.25, -0.2) is 0 Å². The lowest BCUT2D eigenvalue weighted by atomic mass is 9.79. The van der Waals surface area contributed by atoms with Gasteiger partial charge in [0.1, 0.15) is 0 Å². The lowest BCUT2D eigenvalue weighted by Gasteiger charge is -2.27. The number of allylic oxidation sites excluding steroid dienone is 2. The average Bonchev–Trinajstić information content (AvgIpc) is 2.28. The summed E-state index contributed by atoms with van der Waals surface area (Å²) in [4.78, 5) is 0. The predicted molar refractivity (Wildman–Crippen MR) is 73.6 cm³/mol. The van der Waals surface area contributed by atoms with Gasteiger partial charge in [-0.1, -0.05) is 65.0 Å². The van der Waals surface area contributed by atoms with Crippen LogP contribution in [0.15, 0.2) is 11.6 Å². The maximum atomic E-state index is 2.57. The molecule has 1 aliphatic carbocycles. The number of unbranched alkanes of at least 4 members (excludes halogenated alkanes) is 1. The Morgan fingerprint density at radius 2 is 2.00 bits per heavy atom. The van der Waals surface area contributed by atoms with Crippen LogP contribution in [0.3, 0.4) is 0 Å². The minimum atomic E-state index is 0.829. The highest BCUT2D eigenvalue weighted by Gasteiger charge is 2.19. The van der Waals surface area contributed by atoms with Crippen LogP contribution in [0.25, 0.3) is 0 Å². The van der Waals surface area contributed by atoms with E-state index in [2.05, 4.69) is 33.8 Å². The molecule has 3 atom stereocenters. The zero-order valence-electron chi connectivity index (χ0n) is 11.8. The van der Waals surface area contributed by atoms with Crippen molar-refractivity contribution in [2.24, 2.45) is 17.8 Å². The fourth-order valence-electron chi connectivity index (χ4n) is 2.86. The molecule has 0 radical (unpaired) electrons. The quantitative estimate of drug-likeness (QED) is 0.514. The monoisotopic (exact) mass is 222 g/mol. The highest BCUT2D eigenvalue weighted by molar-refractivity contribution is 5.11. The third-order valence-electron chi connectivity index (χ3n) is 4.25. The van der Waals surface area contributed by atoms with E-state index in [1.807, 2.05) is 0 Å². The second-order valence-electron chi connectivity index (χ2n) is 5.82. The molecule has 0 bridgehead atoms. The fourth-order valence-corrected chi connectivity index (χ4v) is 2.86. The van der Waals surface area contributed by atoms with Gasteiger partial charge in [0.15, 0.2) is 0 Å². The van der Waals surface area contributed by atoms with E-state index in [1.165, 1.54) is 44.9 Å². The molecule has 1 aliphatic rings. The summed E-state index contributed by atoms with van der Waals surface area (Å²) in [7, 11) is 0. The largest absolute Gasteiger partial charge is 0.0822 e. The molecule has 1 rings (SSSR count). The van der Waals surface area contributed by atoms with Crippen molar-refractivity contribution in [2.45, 2.75) is 72.6 Å². The van der Waals surface area contributed by atoms with Crippen LogP contribution < -0.4 is 0 Å². The number of hydrogen-bond acceptors (Lipinski definition) is 0. The Hall–Kier alpha value is -0.260. The van der Waals surface area contributed by atoms with Gasteiger partial charge in [0.25, 0.3) is 0 Å². The Bertz CT molecular complexity index is 214. The van der Waals surface area contributed by atoms with Gasteiger partial charge in [0.05, 0.1) is 0 Å². The molecule has 0 saturated carbocycles. The van der Waals surface area contributed by atoms with Crippen molar-refractivity contribution in [1.29, 1.82) is 0 Å². The Morgan fingerprint density at radius 3 is 2.62 bits per heavy atom. The van der Waals surface area contributed by atoms with E-state index in [-0.39, 0.29) is 0 Å². The molecule has 0 aliphatic heterocycles. The van der Waals surface area contributed by atoms with Crippen molar-refractivity contribution in [3.63, 3.8) is 0 Å². The summed E-state index contributed by atoms with van der Waals surface area (Å²) in [6.45, 7) is 9.46. The molecular weight excluding hydrogens is 192 g/mol. The van der Waals surface area contributed by atoms with E-state index < -0.39 is 0 Å². The predicted octanol–water partition coefficient (Wildman–Crippen LogP) is 5.59. The Balaban J connectivity index is 2.49. The molecule has 0 spiro atoms. The summed E-state index contributed by atoms with van der Waals surface area (Å²) in [6.07, 6.45) is 12.3. The van der Waals surface area contributed by atoms with Crippen LogP contribution in [-0.2, 0) is 0 Å². The van der Waals surface area contributed by atoms with E-state index in [4.69, 9.17) is 0 Å². The van der Waals surface area contributed by atoms with Crippen LogP contribution in [0.4, 0.5) is 0 Å². The molecule has 0 fully saturated rings. The molecule has 0 heteroatoms. The van der Waals surface area contributed by atoms with E-state index >= 15 is 0 Å². The van der Waals surface area contributed by atoms with Gasteiger partial charge in [-0.05, 0) is 37.0 Å². The van der Waals surface area contributed by atoms with Crippen molar-refractivity contribution in [3.05, 3.63) is 11.6 Å². The van der Waals surface area contributed by atoms with Crippen LogP contribution >= 0.6 is 0 Å². The molecule has 94 valence electrons. The molecule has 0 aromatic carbocycles. The van der Waals surface area contributed by atoms with Crippen LogP contribution in [0, 0.1) is 17.8 Å². The normalized spacial score (nSPS) is 27.6. The van der Waals surface area contributed by atoms with Gasteiger partial charge in [-0.3, -0.25) is 0 Å². The maximum Gasteiger partial charge on any atom is -0.0231 e. The first-order valence-corrected chi connectivity index (χ1v) is 7.37. The summed E-state index contributed by atoms with van der Waals surface area (Å²) in [5, 5.41) is 0. The van der Waals surface area contributed by atoms with E-state index in [0.29, 0.717) is 0 Å². The third kappa shape index (κ3) is 4.31. The van der Waals surface area contributed by atoms with E-state index in [0.717, 1.165) is 17.8 Å². The summed E-state index contributed by atoms with van der Waals surface area (Å²) >= 11 is 0. The van der Waals surface area contributed by atoms with E-state index in [9.17, 15) is 0 Å². The molecular formula is C16H30. The molecule has 0 aromatic rings. The first kappa shape index (κ1) is 13.8. The SMILES string of the molecule is CCCCC(CC)CC1=CC(C)CCC1C.